The van der Waals surface area contributed by atoms with Gasteiger partial charge >= 0.3 is 12.1 Å². The number of alkyl halides is 3. The first-order valence-corrected chi connectivity index (χ1v) is 6.01. The predicted octanol–water partition coefficient (Wildman–Crippen LogP) is 0.895. The topological polar surface area (TPSA) is 104 Å². The first-order valence-electron chi connectivity index (χ1n) is 6.01. The van der Waals surface area contributed by atoms with Gasteiger partial charge in [0.1, 0.15) is 11.6 Å². The molecule has 1 aromatic carbocycles. The second-order valence-corrected chi connectivity index (χ2v) is 4.80. The molecule has 118 valence electrons. The van der Waals surface area contributed by atoms with Gasteiger partial charge in [0.15, 0.2) is 5.78 Å². The van der Waals surface area contributed by atoms with Crippen LogP contribution in [0.5, 0.6) is 0 Å². The Bertz CT molecular complexity index is 658. The fourth-order valence-electron chi connectivity index (χ4n) is 2.63. The summed E-state index contributed by atoms with van der Waals surface area (Å²) < 4.78 is 39.0. The summed E-state index contributed by atoms with van der Waals surface area (Å²) in [6.45, 7) is 0. The van der Waals surface area contributed by atoms with E-state index in [9.17, 15) is 32.7 Å². The van der Waals surface area contributed by atoms with Crippen LogP contribution in [-0.4, -0.2) is 33.9 Å². The molecule has 22 heavy (non-hydrogen) atoms. The summed E-state index contributed by atoms with van der Waals surface area (Å²) in [5.74, 6) is -2.63. The highest BCUT2D eigenvalue weighted by atomic mass is 19.4. The monoisotopic (exact) mass is 317 g/mol. The molecule has 0 aliphatic heterocycles. The Balaban J connectivity index is 2.68. The smallest absolute Gasteiger partial charge is 0.416 e. The average molecular weight is 317 g/mol. The summed E-state index contributed by atoms with van der Waals surface area (Å²) in [6.07, 6.45) is -8.03. The molecule has 1 aliphatic carbocycles. The maximum absolute atomic E-state index is 13.0. The Morgan fingerprint density at radius 1 is 1.41 bits per heavy atom. The van der Waals surface area contributed by atoms with Gasteiger partial charge < -0.3 is 15.5 Å². The largest absolute Gasteiger partial charge is 0.481 e. The number of rotatable bonds is 4. The minimum Gasteiger partial charge on any atom is -0.481 e. The molecule has 1 amide bonds. The van der Waals surface area contributed by atoms with E-state index in [4.69, 9.17) is 5.11 Å². The molecule has 0 radical (unpaired) electrons. The summed E-state index contributed by atoms with van der Waals surface area (Å²) in [6, 6.07) is 2.70. The highest BCUT2D eigenvalue weighted by molar-refractivity contribution is 6.11. The molecular formula is C13H10F3NO5. The lowest BCUT2D eigenvalue weighted by molar-refractivity contribution is -0.140. The maximum atomic E-state index is 13.0. The predicted molar refractivity (Wildman–Crippen MR) is 64.9 cm³/mol. The van der Waals surface area contributed by atoms with Crippen molar-refractivity contribution >= 4 is 18.2 Å². The molecule has 0 heterocycles. The molecular weight excluding hydrogens is 307 g/mol. The number of halogens is 3. The van der Waals surface area contributed by atoms with Crippen LogP contribution in [-0.2, 0) is 15.8 Å². The van der Waals surface area contributed by atoms with E-state index in [0.29, 0.717) is 6.07 Å². The van der Waals surface area contributed by atoms with E-state index >= 15 is 0 Å². The third kappa shape index (κ3) is 2.23. The van der Waals surface area contributed by atoms with Gasteiger partial charge in [-0.25, -0.2) is 0 Å². The number of carbonyl (C=O) groups excluding carboxylic acids is 2. The molecule has 0 spiro atoms. The van der Waals surface area contributed by atoms with Crippen LogP contribution in [0.1, 0.15) is 34.0 Å². The van der Waals surface area contributed by atoms with Gasteiger partial charge in [-0.3, -0.25) is 14.4 Å². The average Bonchev–Trinajstić information content (AvgIpc) is 2.61. The van der Waals surface area contributed by atoms with Crippen molar-refractivity contribution in [2.24, 2.45) is 0 Å². The number of fused-ring (bicyclic) bond motifs is 1. The Morgan fingerprint density at radius 2 is 2.05 bits per heavy atom. The number of aliphatic carboxylic acids is 1. The van der Waals surface area contributed by atoms with E-state index < -0.39 is 52.7 Å². The van der Waals surface area contributed by atoms with Crippen LogP contribution < -0.4 is 5.32 Å². The number of aliphatic hydroxyl groups excluding tert-OH is 1. The molecule has 2 rings (SSSR count). The molecule has 1 aliphatic rings. The quantitative estimate of drug-likeness (QED) is 0.716. The molecule has 9 heteroatoms. The molecule has 0 fully saturated rings. The highest BCUT2D eigenvalue weighted by Crippen LogP contribution is 2.46. The zero-order chi connectivity index (χ0) is 16.7. The van der Waals surface area contributed by atoms with Crippen LogP contribution >= 0.6 is 0 Å². The van der Waals surface area contributed by atoms with E-state index in [0.717, 1.165) is 12.1 Å². The number of hydrogen-bond acceptors (Lipinski definition) is 4. The van der Waals surface area contributed by atoms with Crippen molar-refractivity contribution in [3.05, 3.63) is 34.9 Å². The molecule has 3 N–H and O–H groups in total. The number of Topliss-reactive ketones (excluding diaryl/α,β-unsaturated/α-hetero) is 1. The summed E-state index contributed by atoms with van der Waals surface area (Å²) in [7, 11) is 0. The van der Waals surface area contributed by atoms with Gasteiger partial charge in [-0.1, -0.05) is 12.1 Å². The SMILES string of the molecule is O=CNC1(CC(=O)O)C(=O)c2cccc(C(F)(F)F)c2C1O. The van der Waals surface area contributed by atoms with Crippen LogP contribution in [0.15, 0.2) is 18.2 Å². The van der Waals surface area contributed by atoms with Gasteiger partial charge in [0.2, 0.25) is 6.41 Å². The zero-order valence-corrected chi connectivity index (χ0v) is 10.8. The molecule has 6 nitrogen and oxygen atoms in total. The Hall–Kier alpha value is -2.42. The summed E-state index contributed by atoms with van der Waals surface area (Å²) in [5.41, 5.74) is -4.78. The maximum Gasteiger partial charge on any atom is 0.416 e. The number of aliphatic hydroxyl groups is 1. The van der Waals surface area contributed by atoms with Crippen LogP contribution in [0.25, 0.3) is 0 Å². The fraction of sp³-hybridized carbons (Fsp3) is 0.308. The Labute approximate surface area is 121 Å². The van der Waals surface area contributed by atoms with Gasteiger partial charge in [-0.2, -0.15) is 13.2 Å². The number of benzene rings is 1. The van der Waals surface area contributed by atoms with Crippen LogP contribution in [0.3, 0.4) is 0 Å². The van der Waals surface area contributed by atoms with E-state index in [1.54, 1.807) is 0 Å². The van der Waals surface area contributed by atoms with Crippen molar-refractivity contribution in [3.8, 4) is 0 Å². The number of carbonyl (C=O) groups is 3. The molecule has 1 aromatic rings. The molecule has 2 unspecified atom stereocenters. The number of amides is 1. The van der Waals surface area contributed by atoms with Crippen molar-refractivity contribution in [2.75, 3.05) is 0 Å². The number of carboxylic acids is 1. The summed E-state index contributed by atoms with van der Waals surface area (Å²) in [5, 5.41) is 20.9. The van der Waals surface area contributed by atoms with Crippen LogP contribution in [0, 0.1) is 0 Å². The minimum absolute atomic E-state index is 0.0246. The van der Waals surface area contributed by atoms with Crippen LogP contribution in [0.4, 0.5) is 13.2 Å². The Kier molecular flexibility index (Phi) is 3.69. The number of ketones is 1. The standard InChI is InChI=1S/C13H10F3NO5/c14-13(15,16)7-3-1-2-6-9(7)11(22)12(10(6)21,17-5-18)4-8(19)20/h1-3,5,11,22H,4H2,(H,17,18)(H,19,20). The first kappa shape index (κ1) is 16.0. The van der Waals surface area contributed by atoms with Gasteiger partial charge in [-0.15, -0.1) is 0 Å². The third-order valence-electron chi connectivity index (χ3n) is 3.55. The molecule has 0 aromatic heterocycles. The zero-order valence-electron chi connectivity index (χ0n) is 10.8. The minimum atomic E-state index is -4.84. The number of carboxylic acid groups (broad SMARTS) is 1. The van der Waals surface area contributed by atoms with Crippen molar-refractivity contribution in [1.29, 1.82) is 0 Å². The number of hydrogen-bond donors (Lipinski definition) is 3. The van der Waals surface area contributed by atoms with Crippen molar-refractivity contribution < 1.29 is 37.8 Å². The number of nitrogens with one attached hydrogen (secondary N) is 1. The second kappa shape index (κ2) is 5.09. The van der Waals surface area contributed by atoms with E-state index in [2.05, 4.69) is 0 Å². The van der Waals surface area contributed by atoms with Crippen LogP contribution in [0.2, 0.25) is 0 Å². The van der Waals surface area contributed by atoms with Gasteiger partial charge in [-0.05, 0) is 6.07 Å². The molecule has 0 saturated heterocycles. The highest BCUT2D eigenvalue weighted by Gasteiger charge is 2.56. The van der Waals surface area contributed by atoms with Gasteiger partial charge in [0.25, 0.3) is 0 Å². The van der Waals surface area contributed by atoms with E-state index in [1.807, 2.05) is 5.32 Å². The lowest BCUT2D eigenvalue weighted by atomic mass is 9.87. The normalized spacial score (nSPS) is 24.0. The van der Waals surface area contributed by atoms with Crippen molar-refractivity contribution in [1.82, 2.24) is 5.32 Å². The van der Waals surface area contributed by atoms with Crippen molar-refractivity contribution in [2.45, 2.75) is 24.2 Å². The van der Waals surface area contributed by atoms with E-state index in [1.165, 1.54) is 0 Å². The Morgan fingerprint density at radius 3 is 2.55 bits per heavy atom. The lowest BCUT2D eigenvalue weighted by Gasteiger charge is -2.29. The first-order chi connectivity index (χ1) is 10.1. The lowest BCUT2D eigenvalue weighted by Crippen LogP contribution is -2.53. The van der Waals surface area contributed by atoms with Crippen molar-refractivity contribution in [3.63, 3.8) is 0 Å². The van der Waals surface area contributed by atoms with Gasteiger partial charge in [0.05, 0.1) is 12.0 Å². The molecule has 0 bridgehead atoms. The van der Waals surface area contributed by atoms with Gasteiger partial charge in [0, 0.05) is 11.1 Å². The third-order valence-corrected chi connectivity index (χ3v) is 3.55. The van der Waals surface area contributed by atoms with E-state index in [-0.39, 0.29) is 6.41 Å². The second-order valence-electron chi connectivity index (χ2n) is 4.80. The molecule has 2 atom stereocenters. The fourth-order valence-corrected chi connectivity index (χ4v) is 2.63. The summed E-state index contributed by atoms with van der Waals surface area (Å²) >= 11 is 0. The molecule has 0 saturated carbocycles. The summed E-state index contributed by atoms with van der Waals surface area (Å²) in [4.78, 5) is 33.9.